The second kappa shape index (κ2) is 5.36. The summed E-state index contributed by atoms with van der Waals surface area (Å²) < 4.78 is 0. The van der Waals surface area contributed by atoms with Gasteiger partial charge in [-0.15, -0.1) is 0 Å². The quantitative estimate of drug-likeness (QED) is 0.855. The van der Waals surface area contributed by atoms with Gasteiger partial charge in [0.15, 0.2) is 0 Å². The van der Waals surface area contributed by atoms with Crippen LogP contribution in [0.4, 0.5) is 0 Å². The van der Waals surface area contributed by atoms with Crippen LogP contribution in [0, 0.1) is 6.92 Å². The molecule has 1 nitrogen and oxygen atoms in total. The molecule has 0 radical (unpaired) electrons. The van der Waals surface area contributed by atoms with E-state index >= 15 is 0 Å². The van der Waals surface area contributed by atoms with Gasteiger partial charge in [0.05, 0.1) is 0 Å². The Hall–Kier alpha value is -1.60. The van der Waals surface area contributed by atoms with Crippen molar-refractivity contribution in [2.75, 3.05) is 0 Å². The van der Waals surface area contributed by atoms with Gasteiger partial charge < -0.3 is 5.11 Å². The van der Waals surface area contributed by atoms with Crippen LogP contribution in [0.5, 0.6) is 0 Å². The van der Waals surface area contributed by atoms with Gasteiger partial charge in [-0.25, -0.2) is 0 Å². The average molecular weight is 240 g/mol. The van der Waals surface area contributed by atoms with E-state index in [1.807, 2.05) is 42.5 Å². The lowest BCUT2D eigenvalue weighted by Gasteiger charge is -2.29. The third-order valence-corrected chi connectivity index (χ3v) is 3.36. The molecular formula is C17H20O. The first-order chi connectivity index (χ1) is 8.66. The van der Waals surface area contributed by atoms with Crippen LogP contribution in [0.15, 0.2) is 54.6 Å². The van der Waals surface area contributed by atoms with Crippen molar-refractivity contribution in [1.82, 2.24) is 0 Å². The van der Waals surface area contributed by atoms with Gasteiger partial charge in [-0.1, -0.05) is 73.5 Å². The van der Waals surface area contributed by atoms with E-state index < -0.39 is 5.60 Å². The monoisotopic (exact) mass is 240 g/mol. The Labute approximate surface area is 109 Å². The molecule has 0 fully saturated rings. The smallest absolute Gasteiger partial charge is 0.115 e. The minimum Gasteiger partial charge on any atom is -0.380 e. The fourth-order valence-corrected chi connectivity index (χ4v) is 2.43. The highest BCUT2D eigenvalue weighted by atomic mass is 16.3. The molecule has 2 rings (SSSR count). The van der Waals surface area contributed by atoms with Crippen LogP contribution in [-0.4, -0.2) is 5.11 Å². The van der Waals surface area contributed by atoms with Crippen molar-refractivity contribution in [1.29, 1.82) is 0 Å². The molecule has 0 aliphatic heterocycles. The lowest BCUT2D eigenvalue weighted by molar-refractivity contribution is 0.0701. The van der Waals surface area contributed by atoms with E-state index in [1.54, 1.807) is 0 Å². The predicted octanol–water partition coefficient (Wildman–Crippen LogP) is 4.03. The zero-order valence-electron chi connectivity index (χ0n) is 11.1. The predicted molar refractivity (Wildman–Crippen MR) is 75.5 cm³/mol. The molecule has 1 heteroatoms. The Balaban J connectivity index is 2.50. The molecule has 94 valence electrons. The van der Waals surface area contributed by atoms with E-state index in [1.165, 1.54) is 5.56 Å². The molecule has 2 aromatic carbocycles. The topological polar surface area (TPSA) is 20.2 Å². The molecule has 0 amide bonds. The van der Waals surface area contributed by atoms with Gasteiger partial charge in [-0.05, 0) is 24.5 Å². The van der Waals surface area contributed by atoms with Crippen LogP contribution < -0.4 is 0 Å². The summed E-state index contributed by atoms with van der Waals surface area (Å²) >= 11 is 0. The minimum atomic E-state index is -0.873. The van der Waals surface area contributed by atoms with Crippen LogP contribution in [0.25, 0.3) is 0 Å². The molecule has 18 heavy (non-hydrogen) atoms. The van der Waals surface area contributed by atoms with Crippen molar-refractivity contribution < 1.29 is 5.11 Å². The van der Waals surface area contributed by atoms with Gasteiger partial charge >= 0.3 is 0 Å². The molecule has 0 aromatic heterocycles. The maximum atomic E-state index is 11.1. The first kappa shape index (κ1) is 12.8. The first-order valence-electron chi connectivity index (χ1n) is 6.52. The zero-order valence-corrected chi connectivity index (χ0v) is 11.1. The Morgan fingerprint density at radius 3 is 2.22 bits per heavy atom. The third-order valence-electron chi connectivity index (χ3n) is 3.36. The summed E-state index contributed by atoms with van der Waals surface area (Å²) in [6.45, 7) is 4.16. The van der Waals surface area contributed by atoms with E-state index in [-0.39, 0.29) is 0 Å². The van der Waals surface area contributed by atoms with Gasteiger partial charge in [-0.3, -0.25) is 0 Å². The normalized spacial score (nSPS) is 14.2. The third kappa shape index (κ3) is 2.46. The number of aliphatic hydroxyl groups is 1. The summed E-state index contributed by atoms with van der Waals surface area (Å²) in [5, 5.41) is 11.1. The Kier molecular flexibility index (Phi) is 3.83. The Morgan fingerprint density at radius 2 is 1.61 bits per heavy atom. The summed E-state index contributed by atoms with van der Waals surface area (Å²) in [5.74, 6) is 0. The Morgan fingerprint density at radius 1 is 0.944 bits per heavy atom. The summed E-state index contributed by atoms with van der Waals surface area (Å²) in [5.41, 5.74) is 2.26. The lowest BCUT2D eigenvalue weighted by atomic mass is 9.82. The second-order valence-electron chi connectivity index (χ2n) is 4.85. The molecule has 0 heterocycles. The fourth-order valence-electron chi connectivity index (χ4n) is 2.43. The molecule has 0 saturated carbocycles. The molecule has 0 aliphatic rings. The molecule has 1 unspecified atom stereocenters. The lowest BCUT2D eigenvalue weighted by Crippen LogP contribution is -2.27. The van der Waals surface area contributed by atoms with Crippen molar-refractivity contribution in [2.24, 2.45) is 0 Å². The van der Waals surface area contributed by atoms with E-state index in [0.29, 0.717) is 0 Å². The highest BCUT2D eigenvalue weighted by Crippen LogP contribution is 2.34. The van der Waals surface area contributed by atoms with Crippen LogP contribution in [0.2, 0.25) is 0 Å². The van der Waals surface area contributed by atoms with Crippen molar-refractivity contribution in [2.45, 2.75) is 32.3 Å². The highest BCUT2D eigenvalue weighted by molar-refractivity contribution is 5.37. The summed E-state index contributed by atoms with van der Waals surface area (Å²) in [6, 6.07) is 18.1. The highest BCUT2D eigenvalue weighted by Gasteiger charge is 2.30. The number of benzene rings is 2. The average Bonchev–Trinajstić information content (AvgIpc) is 2.40. The largest absolute Gasteiger partial charge is 0.380 e. The van der Waals surface area contributed by atoms with Crippen molar-refractivity contribution in [3.05, 3.63) is 71.3 Å². The maximum Gasteiger partial charge on any atom is 0.115 e. The maximum absolute atomic E-state index is 11.1. The molecule has 0 spiro atoms. The van der Waals surface area contributed by atoms with Gasteiger partial charge in [0, 0.05) is 0 Å². The standard InChI is InChI=1S/C17H20O/c1-3-12-17(18,15-9-5-4-6-10-15)16-11-7-8-14(2)13-16/h4-11,13,18H,3,12H2,1-2H3. The fraction of sp³-hybridized carbons (Fsp3) is 0.294. The van der Waals surface area contributed by atoms with Gasteiger partial charge in [0.1, 0.15) is 5.60 Å². The summed E-state index contributed by atoms with van der Waals surface area (Å²) in [4.78, 5) is 0. The number of hydrogen-bond donors (Lipinski definition) is 1. The molecule has 1 N–H and O–H groups in total. The van der Waals surface area contributed by atoms with Crippen LogP contribution >= 0.6 is 0 Å². The molecule has 2 aromatic rings. The Bertz CT molecular complexity index is 504. The van der Waals surface area contributed by atoms with E-state index in [2.05, 4.69) is 26.0 Å². The van der Waals surface area contributed by atoms with Crippen molar-refractivity contribution in [3.63, 3.8) is 0 Å². The van der Waals surface area contributed by atoms with Gasteiger partial charge in [0.2, 0.25) is 0 Å². The number of rotatable bonds is 4. The van der Waals surface area contributed by atoms with Crippen molar-refractivity contribution in [3.8, 4) is 0 Å². The summed E-state index contributed by atoms with van der Waals surface area (Å²) in [7, 11) is 0. The van der Waals surface area contributed by atoms with E-state index in [9.17, 15) is 5.11 Å². The van der Waals surface area contributed by atoms with Crippen LogP contribution in [-0.2, 0) is 5.60 Å². The molecule has 0 bridgehead atoms. The SMILES string of the molecule is CCCC(O)(c1ccccc1)c1cccc(C)c1. The van der Waals surface area contributed by atoms with Crippen LogP contribution in [0.3, 0.4) is 0 Å². The van der Waals surface area contributed by atoms with Gasteiger partial charge in [0.25, 0.3) is 0 Å². The minimum absolute atomic E-state index is 0.737. The van der Waals surface area contributed by atoms with E-state index in [4.69, 9.17) is 0 Å². The van der Waals surface area contributed by atoms with Gasteiger partial charge in [-0.2, -0.15) is 0 Å². The molecular weight excluding hydrogens is 220 g/mol. The molecule has 1 atom stereocenters. The van der Waals surface area contributed by atoms with Crippen LogP contribution in [0.1, 0.15) is 36.5 Å². The number of hydrogen-bond acceptors (Lipinski definition) is 1. The van der Waals surface area contributed by atoms with Crippen molar-refractivity contribution >= 4 is 0 Å². The zero-order chi connectivity index (χ0) is 13.0. The second-order valence-corrected chi connectivity index (χ2v) is 4.85. The van der Waals surface area contributed by atoms with E-state index in [0.717, 1.165) is 24.0 Å². The molecule has 0 aliphatic carbocycles. The first-order valence-corrected chi connectivity index (χ1v) is 6.52. The summed E-state index contributed by atoms with van der Waals surface area (Å²) in [6.07, 6.45) is 1.68. The molecule has 0 saturated heterocycles. The number of aryl methyl sites for hydroxylation is 1.